The van der Waals surface area contributed by atoms with E-state index in [1.54, 1.807) is 6.92 Å². The molecule has 0 atom stereocenters. The van der Waals surface area contributed by atoms with Crippen molar-refractivity contribution in [1.82, 2.24) is 4.31 Å². The van der Waals surface area contributed by atoms with Crippen LogP contribution in [0.2, 0.25) is 0 Å². The summed E-state index contributed by atoms with van der Waals surface area (Å²) < 4.78 is 77.7. The molecule has 1 fully saturated rings. The predicted molar refractivity (Wildman–Crippen MR) is 106 cm³/mol. The van der Waals surface area contributed by atoms with Crippen molar-refractivity contribution in [1.29, 1.82) is 0 Å². The first-order valence-electron chi connectivity index (χ1n) is 9.47. The van der Waals surface area contributed by atoms with Crippen LogP contribution in [0.15, 0.2) is 47.4 Å². The van der Waals surface area contributed by atoms with Gasteiger partial charge in [-0.05, 0) is 36.8 Å². The number of rotatable bonds is 7. The third-order valence-electron chi connectivity index (χ3n) is 4.65. The molecule has 0 radical (unpaired) electrons. The molecule has 0 aromatic heterocycles. The minimum absolute atomic E-state index is 0.0412. The molecule has 0 amide bonds. The number of morpholine rings is 1. The van der Waals surface area contributed by atoms with Crippen LogP contribution in [0.5, 0.6) is 5.75 Å². The fraction of sp³-hybridized carbons (Fsp3) is 0.400. The minimum atomic E-state index is -4.48. The van der Waals surface area contributed by atoms with E-state index in [0.29, 0.717) is 31.3 Å². The minimum Gasteiger partial charge on any atom is -0.492 e. The van der Waals surface area contributed by atoms with Gasteiger partial charge in [-0.1, -0.05) is 18.2 Å². The van der Waals surface area contributed by atoms with Crippen molar-refractivity contribution in [2.24, 2.45) is 0 Å². The highest BCUT2D eigenvalue weighted by Crippen LogP contribution is 2.34. The van der Waals surface area contributed by atoms with Crippen LogP contribution in [0, 0.1) is 0 Å². The van der Waals surface area contributed by atoms with Crippen LogP contribution in [0.3, 0.4) is 0 Å². The van der Waals surface area contributed by atoms with E-state index in [-0.39, 0.29) is 30.1 Å². The third kappa shape index (κ3) is 5.05. The first kappa shape index (κ1) is 22.4. The second-order valence-electron chi connectivity index (χ2n) is 6.62. The van der Waals surface area contributed by atoms with Gasteiger partial charge in [-0.2, -0.15) is 17.5 Å². The second kappa shape index (κ2) is 9.23. The summed E-state index contributed by atoms with van der Waals surface area (Å²) in [6.45, 7) is 3.07. The molecule has 1 N–H and O–H groups in total. The molecule has 0 bridgehead atoms. The lowest BCUT2D eigenvalue weighted by molar-refractivity contribution is -0.138. The molecule has 0 unspecified atom stereocenters. The summed E-state index contributed by atoms with van der Waals surface area (Å²) in [4.78, 5) is 0.0412. The average molecular weight is 444 g/mol. The first-order chi connectivity index (χ1) is 14.2. The molecule has 0 spiro atoms. The number of halogens is 3. The Morgan fingerprint density at radius 2 is 1.83 bits per heavy atom. The quantitative estimate of drug-likeness (QED) is 0.705. The lowest BCUT2D eigenvalue weighted by atomic mass is 10.1. The summed E-state index contributed by atoms with van der Waals surface area (Å²) in [5, 5.41) is 2.91. The Morgan fingerprint density at radius 1 is 1.13 bits per heavy atom. The van der Waals surface area contributed by atoms with Crippen LogP contribution < -0.4 is 10.1 Å². The highest BCUT2D eigenvalue weighted by Gasteiger charge is 2.33. The normalized spacial score (nSPS) is 15.7. The average Bonchev–Trinajstić information content (AvgIpc) is 2.73. The van der Waals surface area contributed by atoms with E-state index in [1.165, 1.54) is 40.7 Å². The van der Waals surface area contributed by atoms with Crippen LogP contribution in [-0.2, 0) is 27.5 Å². The molecular formula is C20H23F3N2O4S. The molecule has 0 saturated carbocycles. The maximum atomic E-state index is 13.3. The van der Waals surface area contributed by atoms with Crippen molar-refractivity contribution >= 4 is 15.7 Å². The summed E-state index contributed by atoms with van der Waals surface area (Å²) in [6, 6.07) is 9.58. The molecule has 6 nitrogen and oxygen atoms in total. The Hall–Kier alpha value is -2.30. The van der Waals surface area contributed by atoms with Gasteiger partial charge < -0.3 is 14.8 Å². The molecule has 1 heterocycles. The number of benzene rings is 2. The molecule has 0 aliphatic carbocycles. The molecule has 10 heteroatoms. The summed E-state index contributed by atoms with van der Waals surface area (Å²) >= 11 is 0. The predicted octanol–water partition coefficient (Wildman–Crippen LogP) is 3.74. The zero-order valence-electron chi connectivity index (χ0n) is 16.4. The van der Waals surface area contributed by atoms with E-state index in [2.05, 4.69) is 5.32 Å². The smallest absolute Gasteiger partial charge is 0.416 e. The van der Waals surface area contributed by atoms with E-state index >= 15 is 0 Å². The molecule has 1 saturated heterocycles. The summed E-state index contributed by atoms with van der Waals surface area (Å²) in [7, 11) is -3.75. The third-order valence-corrected chi connectivity index (χ3v) is 6.55. The van der Waals surface area contributed by atoms with Gasteiger partial charge in [0.15, 0.2) is 0 Å². The van der Waals surface area contributed by atoms with Crippen molar-refractivity contribution in [3.8, 4) is 5.75 Å². The topological polar surface area (TPSA) is 67.9 Å². The van der Waals surface area contributed by atoms with Crippen LogP contribution >= 0.6 is 0 Å². The Kier molecular flexibility index (Phi) is 6.89. The van der Waals surface area contributed by atoms with E-state index in [9.17, 15) is 21.6 Å². The van der Waals surface area contributed by atoms with Gasteiger partial charge >= 0.3 is 6.18 Å². The van der Waals surface area contributed by atoms with Gasteiger partial charge in [-0.15, -0.1) is 0 Å². The van der Waals surface area contributed by atoms with Gasteiger partial charge in [0.2, 0.25) is 10.0 Å². The highest BCUT2D eigenvalue weighted by molar-refractivity contribution is 7.89. The van der Waals surface area contributed by atoms with E-state index in [0.717, 1.165) is 6.07 Å². The van der Waals surface area contributed by atoms with Gasteiger partial charge in [0.05, 0.1) is 36.0 Å². The Bertz CT molecular complexity index is 974. The monoisotopic (exact) mass is 444 g/mol. The standard InChI is InChI=1S/C20H23F3N2O4S/c1-2-29-19-8-7-16(30(26,27)25-9-11-28-12-10-25)13-18(19)24-14-15-5-3-4-6-17(15)20(21,22)23/h3-8,13,24H,2,9-12,14H2,1H3. The largest absolute Gasteiger partial charge is 0.492 e. The number of sulfonamides is 1. The maximum absolute atomic E-state index is 13.3. The van der Waals surface area contributed by atoms with Crippen LogP contribution in [-0.4, -0.2) is 45.6 Å². The van der Waals surface area contributed by atoms with Crippen molar-refractivity contribution in [2.75, 3.05) is 38.2 Å². The summed E-state index contributed by atoms with van der Waals surface area (Å²) in [6.07, 6.45) is -4.48. The van der Waals surface area contributed by atoms with Crippen molar-refractivity contribution < 1.29 is 31.1 Å². The highest BCUT2D eigenvalue weighted by atomic mass is 32.2. The zero-order valence-corrected chi connectivity index (χ0v) is 17.2. The molecule has 3 rings (SSSR count). The van der Waals surface area contributed by atoms with Gasteiger partial charge in [-0.25, -0.2) is 8.42 Å². The number of hydrogen-bond acceptors (Lipinski definition) is 5. The molecule has 2 aromatic rings. The lowest BCUT2D eigenvalue weighted by Gasteiger charge is -2.26. The molecular weight excluding hydrogens is 421 g/mol. The number of hydrogen-bond donors (Lipinski definition) is 1. The van der Waals surface area contributed by atoms with Crippen LogP contribution in [0.25, 0.3) is 0 Å². The van der Waals surface area contributed by atoms with E-state index < -0.39 is 21.8 Å². The van der Waals surface area contributed by atoms with Crippen molar-refractivity contribution in [3.05, 3.63) is 53.6 Å². The van der Waals surface area contributed by atoms with Gasteiger partial charge in [0.1, 0.15) is 5.75 Å². The fourth-order valence-electron chi connectivity index (χ4n) is 3.17. The number of nitrogens with zero attached hydrogens (tertiary/aromatic N) is 1. The summed E-state index contributed by atoms with van der Waals surface area (Å²) in [5.41, 5.74) is -0.385. The Morgan fingerprint density at radius 3 is 2.50 bits per heavy atom. The van der Waals surface area contributed by atoms with Gasteiger partial charge in [0, 0.05) is 19.6 Å². The van der Waals surface area contributed by atoms with Gasteiger partial charge in [0.25, 0.3) is 0 Å². The van der Waals surface area contributed by atoms with Crippen LogP contribution in [0.4, 0.5) is 18.9 Å². The summed E-state index contributed by atoms with van der Waals surface area (Å²) in [5.74, 6) is 0.364. The number of ether oxygens (including phenoxy) is 2. The molecule has 30 heavy (non-hydrogen) atoms. The lowest BCUT2D eigenvalue weighted by Crippen LogP contribution is -2.40. The molecule has 1 aliphatic heterocycles. The van der Waals surface area contributed by atoms with E-state index in [1.807, 2.05) is 0 Å². The fourth-order valence-corrected chi connectivity index (χ4v) is 4.60. The van der Waals surface area contributed by atoms with Gasteiger partial charge in [-0.3, -0.25) is 0 Å². The molecule has 1 aliphatic rings. The second-order valence-corrected chi connectivity index (χ2v) is 8.55. The number of alkyl halides is 3. The number of anilines is 1. The van der Waals surface area contributed by atoms with Crippen LogP contribution in [0.1, 0.15) is 18.1 Å². The zero-order chi connectivity index (χ0) is 21.8. The number of nitrogens with one attached hydrogen (secondary N) is 1. The Labute approximate surface area is 173 Å². The molecule has 2 aromatic carbocycles. The SMILES string of the molecule is CCOc1ccc(S(=O)(=O)N2CCOCC2)cc1NCc1ccccc1C(F)(F)F. The van der Waals surface area contributed by atoms with Crippen molar-refractivity contribution in [2.45, 2.75) is 24.5 Å². The maximum Gasteiger partial charge on any atom is 0.416 e. The van der Waals surface area contributed by atoms with E-state index in [4.69, 9.17) is 9.47 Å². The first-order valence-corrected chi connectivity index (χ1v) is 10.9. The Balaban J connectivity index is 1.89. The molecule has 164 valence electrons. The van der Waals surface area contributed by atoms with Crippen molar-refractivity contribution in [3.63, 3.8) is 0 Å².